The molecule has 1 aliphatic carbocycles. The lowest BCUT2D eigenvalue weighted by atomic mass is 9.85. The van der Waals surface area contributed by atoms with Gasteiger partial charge in [0.15, 0.2) is 6.10 Å². The van der Waals surface area contributed by atoms with Crippen molar-refractivity contribution in [3.05, 3.63) is 24.3 Å². The van der Waals surface area contributed by atoms with E-state index in [4.69, 9.17) is 18.5 Å². The van der Waals surface area contributed by atoms with Gasteiger partial charge in [-0.25, -0.2) is 4.57 Å². The van der Waals surface area contributed by atoms with E-state index in [1.807, 2.05) is 0 Å². The third-order valence-electron chi connectivity index (χ3n) is 9.80. The van der Waals surface area contributed by atoms with Crippen LogP contribution in [0.15, 0.2) is 24.3 Å². The lowest BCUT2D eigenvalue weighted by Gasteiger charge is -2.41. The molecule has 0 aromatic rings. The van der Waals surface area contributed by atoms with Crippen LogP contribution in [0, 0.1) is 0 Å². The maximum absolute atomic E-state index is 12.8. The van der Waals surface area contributed by atoms with Crippen LogP contribution in [0.4, 0.5) is 0 Å². The Morgan fingerprint density at radius 2 is 0.982 bits per heavy atom. The Morgan fingerprint density at radius 3 is 1.51 bits per heavy atom. The SMILES string of the molecule is CCCCC/C=C/C/C=C/CCCCCCCC(=O)OC[C@H](COP(=O)(O)OC1C(O)C(O)C(O)[C@@H](O)C1O)OC(=O)CCCCCCCCCCCCC. The van der Waals surface area contributed by atoms with E-state index in [9.17, 15) is 44.6 Å². The highest BCUT2D eigenvalue weighted by Gasteiger charge is 2.51. The van der Waals surface area contributed by atoms with Gasteiger partial charge in [-0.05, 0) is 44.9 Å². The molecule has 0 heterocycles. The van der Waals surface area contributed by atoms with Gasteiger partial charge in [0.05, 0.1) is 6.61 Å². The Labute approximate surface area is 330 Å². The summed E-state index contributed by atoms with van der Waals surface area (Å²) in [6, 6.07) is 0. The van der Waals surface area contributed by atoms with Crippen LogP contribution < -0.4 is 0 Å². The van der Waals surface area contributed by atoms with E-state index in [0.29, 0.717) is 12.8 Å². The molecular weight excluding hydrogens is 731 g/mol. The van der Waals surface area contributed by atoms with Crippen LogP contribution in [-0.2, 0) is 32.7 Å². The first-order valence-corrected chi connectivity index (χ1v) is 22.6. The number of aliphatic hydroxyl groups excluding tert-OH is 5. The molecule has 1 aliphatic rings. The van der Waals surface area contributed by atoms with Gasteiger partial charge in [-0.15, -0.1) is 0 Å². The molecule has 13 nitrogen and oxygen atoms in total. The maximum Gasteiger partial charge on any atom is 0.472 e. The number of ether oxygens (including phenoxy) is 2. The number of allylic oxidation sites excluding steroid dienone is 4. The third kappa shape index (κ3) is 25.3. The molecule has 6 unspecified atom stereocenters. The summed E-state index contributed by atoms with van der Waals surface area (Å²) < 4.78 is 33.4. The zero-order valence-corrected chi connectivity index (χ0v) is 34.6. The molecule has 14 heteroatoms. The van der Waals surface area contributed by atoms with Crippen LogP contribution in [0.5, 0.6) is 0 Å². The van der Waals surface area contributed by atoms with Crippen molar-refractivity contribution in [2.75, 3.05) is 13.2 Å². The molecule has 0 aromatic carbocycles. The second-order valence-corrected chi connectivity index (χ2v) is 16.3. The number of esters is 2. The Morgan fingerprint density at radius 1 is 0.564 bits per heavy atom. The fourth-order valence-electron chi connectivity index (χ4n) is 6.32. The number of phosphoric acid groups is 1. The van der Waals surface area contributed by atoms with Crippen LogP contribution in [0.25, 0.3) is 0 Å². The smallest absolute Gasteiger partial charge is 0.462 e. The van der Waals surface area contributed by atoms with Crippen molar-refractivity contribution in [2.45, 2.75) is 211 Å². The van der Waals surface area contributed by atoms with Crippen LogP contribution >= 0.6 is 7.82 Å². The average molecular weight is 807 g/mol. The Hall–Kier alpha value is -1.67. The molecule has 0 spiro atoms. The molecule has 0 aliphatic heterocycles. The molecule has 0 amide bonds. The van der Waals surface area contributed by atoms with Crippen molar-refractivity contribution in [1.82, 2.24) is 0 Å². The second-order valence-electron chi connectivity index (χ2n) is 14.8. The number of hydrogen-bond acceptors (Lipinski definition) is 12. The summed E-state index contributed by atoms with van der Waals surface area (Å²) in [7, 11) is -5.11. The largest absolute Gasteiger partial charge is 0.472 e. The van der Waals surface area contributed by atoms with Crippen LogP contribution in [0.1, 0.15) is 168 Å². The zero-order chi connectivity index (χ0) is 40.7. The Bertz CT molecular complexity index is 1070. The van der Waals surface area contributed by atoms with Gasteiger partial charge < -0.3 is 39.9 Å². The molecule has 0 aromatic heterocycles. The van der Waals surface area contributed by atoms with Gasteiger partial charge in [0.25, 0.3) is 0 Å². The molecule has 0 saturated heterocycles. The van der Waals surface area contributed by atoms with Crippen molar-refractivity contribution in [3.63, 3.8) is 0 Å². The summed E-state index contributed by atoms with van der Waals surface area (Å²) in [4.78, 5) is 35.5. The summed E-state index contributed by atoms with van der Waals surface area (Å²) in [5, 5.41) is 50.0. The summed E-state index contributed by atoms with van der Waals surface area (Å²) in [5.41, 5.74) is 0. The third-order valence-corrected chi connectivity index (χ3v) is 10.8. The van der Waals surface area contributed by atoms with Gasteiger partial charge in [-0.2, -0.15) is 0 Å². The van der Waals surface area contributed by atoms with Crippen LogP contribution in [-0.4, -0.2) is 98.3 Å². The first-order chi connectivity index (χ1) is 26.4. The van der Waals surface area contributed by atoms with E-state index in [1.54, 1.807) is 0 Å². The highest BCUT2D eigenvalue weighted by Crippen LogP contribution is 2.47. The van der Waals surface area contributed by atoms with E-state index < -0.39 is 75.7 Å². The lowest BCUT2D eigenvalue weighted by molar-refractivity contribution is -0.220. The minimum Gasteiger partial charge on any atom is -0.462 e. The maximum atomic E-state index is 12.8. The predicted octanol–water partition coefficient (Wildman–Crippen LogP) is 7.28. The highest BCUT2D eigenvalue weighted by atomic mass is 31.2. The highest BCUT2D eigenvalue weighted by molar-refractivity contribution is 7.47. The molecule has 6 N–H and O–H groups in total. The molecule has 1 rings (SSSR count). The van der Waals surface area contributed by atoms with Crippen molar-refractivity contribution < 1.29 is 63.1 Å². The number of phosphoric ester groups is 1. The molecule has 0 radical (unpaired) electrons. The van der Waals surface area contributed by atoms with E-state index in [2.05, 4.69) is 38.2 Å². The number of hydrogen-bond donors (Lipinski definition) is 6. The summed E-state index contributed by atoms with van der Waals surface area (Å²) in [5.74, 6) is -1.11. The topological polar surface area (TPSA) is 210 Å². The average Bonchev–Trinajstić information content (AvgIpc) is 3.16. The Balaban J connectivity index is 2.50. The van der Waals surface area contributed by atoms with Gasteiger partial charge in [0.1, 0.15) is 43.2 Å². The molecule has 8 atom stereocenters. The molecular formula is C41H75O13P. The van der Waals surface area contributed by atoms with Gasteiger partial charge in [0.2, 0.25) is 0 Å². The quantitative estimate of drug-likeness (QED) is 0.0164. The van der Waals surface area contributed by atoms with Crippen LogP contribution in [0.2, 0.25) is 0 Å². The monoisotopic (exact) mass is 806 g/mol. The normalized spacial score (nSPS) is 23.3. The standard InChI is InChI=1S/C41H75O13P/c1-3-5-7-9-11-13-15-16-17-18-20-21-23-25-27-29-34(42)51-31-33(53-35(43)30-28-26-24-22-19-14-12-10-8-6-4-2)32-52-55(49,50)54-41-39(47)37(45)36(44)38(46)40(41)48/h11,13,16-17,33,36-41,44-48H,3-10,12,14-15,18-32H2,1-2H3,(H,49,50)/b13-11+,17-16+/t33-,36?,37-,38?,39?,40?,41?/m1/s1. The van der Waals surface area contributed by atoms with E-state index in [1.165, 1.54) is 57.8 Å². The van der Waals surface area contributed by atoms with E-state index >= 15 is 0 Å². The number of carbonyl (C=O) groups excluding carboxylic acids is 2. The summed E-state index contributed by atoms with van der Waals surface area (Å²) in [6.07, 6.45) is 19.6. The summed E-state index contributed by atoms with van der Waals surface area (Å²) >= 11 is 0. The minimum atomic E-state index is -5.11. The fourth-order valence-corrected chi connectivity index (χ4v) is 7.29. The van der Waals surface area contributed by atoms with Crippen molar-refractivity contribution in [2.24, 2.45) is 0 Å². The molecule has 55 heavy (non-hydrogen) atoms. The predicted molar refractivity (Wildman–Crippen MR) is 212 cm³/mol. The first-order valence-electron chi connectivity index (χ1n) is 21.1. The molecule has 1 fully saturated rings. The van der Waals surface area contributed by atoms with Gasteiger partial charge in [-0.3, -0.25) is 18.6 Å². The number of unbranched alkanes of at least 4 members (excludes halogenated alkanes) is 18. The van der Waals surface area contributed by atoms with Gasteiger partial charge in [0, 0.05) is 12.8 Å². The fraction of sp³-hybridized carbons (Fsp3) is 0.854. The van der Waals surface area contributed by atoms with Crippen molar-refractivity contribution in [1.29, 1.82) is 0 Å². The van der Waals surface area contributed by atoms with Crippen molar-refractivity contribution >= 4 is 19.8 Å². The Kier molecular flexibility index (Phi) is 30.2. The van der Waals surface area contributed by atoms with Gasteiger partial charge >= 0.3 is 19.8 Å². The first kappa shape index (κ1) is 51.3. The molecule has 1 saturated carbocycles. The number of aliphatic hydroxyl groups is 5. The number of carbonyl (C=O) groups is 2. The minimum absolute atomic E-state index is 0.0965. The van der Waals surface area contributed by atoms with Gasteiger partial charge in [-0.1, -0.05) is 134 Å². The van der Waals surface area contributed by atoms with E-state index in [0.717, 1.165) is 70.6 Å². The summed E-state index contributed by atoms with van der Waals surface area (Å²) in [6.45, 7) is 3.23. The molecule has 322 valence electrons. The van der Waals surface area contributed by atoms with E-state index in [-0.39, 0.29) is 12.8 Å². The molecule has 0 bridgehead atoms. The number of rotatable bonds is 34. The lowest BCUT2D eigenvalue weighted by Crippen LogP contribution is -2.64. The zero-order valence-electron chi connectivity index (χ0n) is 33.7. The second kappa shape index (κ2) is 32.3. The van der Waals surface area contributed by atoms with Crippen LogP contribution in [0.3, 0.4) is 0 Å². The van der Waals surface area contributed by atoms with Crippen molar-refractivity contribution in [3.8, 4) is 0 Å².